The van der Waals surface area contributed by atoms with Crippen molar-refractivity contribution in [1.82, 2.24) is 0 Å². The average Bonchev–Trinajstić information content (AvgIpc) is 2.66. The molecule has 0 bridgehead atoms. The average molecular weight is 356 g/mol. The SMILES string of the molecule is COC(=O)C(CC(=O)O)=C(c1ccccc1)c1ccc(OCCO)cc1. The zero-order valence-corrected chi connectivity index (χ0v) is 14.3. The minimum atomic E-state index is -1.12. The van der Waals surface area contributed by atoms with Gasteiger partial charge < -0.3 is 19.7 Å². The molecule has 6 nitrogen and oxygen atoms in total. The summed E-state index contributed by atoms with van der Waals surface area (Å²) in [5.74, 6) is -1.25. The lowest BCUT2D eigenvalue weighted by molar-refractivity contribution is -0.141. The van der Waals surface area contributed by atoms with Crippen molar-refractivity contribution in [3.05, 3.63) is 71.3 Å². The van der Waals surface area contributed by atoms with Crippen LogP contribution in [0, 0.1) is 0 Å². The van der Waals surface area contributed by atoms with Crippen LogP contribution in [0.5, 0.6) is 5.75 Å². The molecule has 26 heavy (non-hydrogen) atoms. The summed E-state index contributed by atoms with van der Waals surface area (Å²) in [5.41, 5.74) is 1.93. The number of aliphatic hydroxyl groups is 1. The van der Waals surface area contributed by atoms with E-state index in [9.17, 15) is 14.7 Å². The van der Waals surface area contributed by atoms with Crippen molar-refractivity contribution < 1.29 is 29.3 Å². The van der Waals surface area contributed by atoms with Gasteiger partial charge in [-0.3, -0.25) is 4.79 Å². The van der Waals surface area contributed by atoms with Crippen LogP contribution < -0.4 is 4.74 Å². The Kier molecular flexibility index (Phi) is 6.93. The van der Waals surface area contributed by atoms with E-state index < -0.39 is 18.4 Å². The summed E-state index contributed by atoms with van der Waals surface area (Å²) in [6.45, 7) is 0.0785. The standard InChI is InChI=1S/C20H20O6/c1-25-20(24)17(13-18(22)23)19(14-5-3-2-4-6-14)15-7-9-16(10-8-15)26-12-11-21/h2-10,21H,11-13H2,1H3,(H,22,23). The van der Waals surface area contributed by atoms with Crippen LogP contribution in [0.2, 0.25) is 0 Å². The molecule has 0 amide bonds. The van der Waals surface area contributed by atoms with E-state index in [-0.39, 0.29) is 18.8 Å². The molecule has 0 aliphatic heterocycles. The topological polar surface area (TPSA) is 93.1 Å². The first-order valence-electron chi connectivity index (χ1n) is 7.99. The summed E-state index contributed by atoms with van der Waals surface area (Å²) in [5, 5.41) is 18.1. The second-order valence-corrected chi connectivity index (χ2v) is 5.38. The molecule has 0 radical (unpaired) electrons. The summed E-state index contributed by atoms with van der Waals surface area (Å²) >= 11 is 0. The molecular formula is C20H20O6. The van der Waals surface area contributed by atoms with E-state index in [1.165, 1.54) is 7.11 Å². The Hall–Kier alpha value is -3.12. The first kappa shape index (κ1) is 19.2. The van der Waals surface area contributed by atoms with Crippen molar-refractivity contribution in [2.24, 2.45) is 0 Å². The van der Waals surface area contributed by atoms with Gasteiger partial charge in [0.1, 0.15) is 12.4 Å². The molecule has 136 valence electrons. The fourth-order valence-corrected chi connectivity index (χ4v) is 2.54. The van der Waals surface area contributed by atoms with Crippen LogP contribution in [0.3, 0.4) is 0 Å². The minimum absolute atomic E-state index is 0.0650. The lowest BCUT2D eigenvalue weighted by atomic mass is 9.91. The highest BCUT2D eigenvalue weighted by molar-refractivity contribution is 6.04. The number of aliphatic carboxylic acids is 1. The van der Waals surface area contributed by atoms with Gasteiger partial charge in [-0.15, -0.1) is 0 Å². The highest BCUT2D eigenvalue weighted by Crippen LogP contribution is 2.30. The third kappa shape index (κ3) is 4.94. The Morgan fingerprint density at radius 1 is 0.962 bits per heavy atom. The smallest absolute Gasteiger partial charge is 0.334 e. The Morgan fingerprint density at radius 2 is 1.58 bits per heavy atom. The van der Waals surface area contributed by atoms with E-state index >= 15 is 0 Å². The number of hydrogen-bond donors (Lipinski definition) is 2. The summed E-state index contributed by atoms with van der Waals surface area (Å²) in [6.07, 6.45) is -0.459. The molecule has 2 aromatic rings. The fraction of sp³-hybridized carbons (Fsp3) is 0.200. The Morgan fingerprint density at radius 3 is 2.12 bits per heavy atom. The molecule has 0 unspecified atom stereocenters. The largest absolute Gasteiger partial charge is 0.491 e. The molecule has 2 rings (SSSR count). The van der Waals surface area contributed by atoms with Crippen molar-refractivity contribution in [1.29, 1.82) is 0 Å². The zero-order valence-electron chi connectivity index (χ0n) is 14.3. The number of carbonyl (C=O) groups is 2. The lowest BCUT2D eigenvalue weighted by Gasteiger charge is -2.15. The second kappa shape index (κ2) is 9.39. The third-order valence-electron chi connectivity index (χ3n) is 3.63. The van der Waals surface area contributed by atoms with Gasteiger partial charge in [0.25, 0.3) is 0 Å². The number of benzene rings is 2. The van der Waals surface area contributed by atoms with Gasteiger partial charge in [0.15, 0.2) is 0 Å². The fourth-order valence-electron chi connectivity index (χ4n) is 2.54. The molecule has 2 N–H and O–H groups in total. The Labute approximate surface area is 151 Å². The van der Waals surface area contributed by atoms with Gasteiger partial charge in [-0.1, -0.05) is 42.5 Å². The molecule has 0 saturated heterocycles. The molecule has 0 fully saturated rings. The van der Waals surface area contributed by atoms with E-state index in [2.05, 4.69) is 0 Å². The number of carboxylic acid groups (broad SMARTS) is 1. The molecule has 0 heterocycles. The molecule has 0 aliphatic carbocycles. The predicted molar refractivity (Wildman–Crippen MR) is 95.8 cm³/mol. The number of carboxylic acids is 1. The molecular weight excluding hydrogens is 336 g/mol. The summed E-state index contributed by atoms with van der Waals surface area (Å²) < 4.78 is 10.1. The lowest BCUT2D eigenvalue weighted by Crippen LogP contribution is -2.12. The van der Waals surface area contributed by atoms with E-state index in [1.54, 1.807) is 36.4 Å². The molecule has 0 atom stereocenters. The normalized spacial score (nSPS) is 11.5. The van der Waals surface area contributed by atoms with E-state index in [1.807, 2.05) is 18.2 Å². The minimum Gasteiger partial charge on any atom is -0.491 e. The van der Waals surface area contributed by atoms with Crippen molar-refractivity contribution in [3.63, 3.8) is 0 Å². The summed E-state index contributed by atoms with van der Waals surface area (Å²) in [7, 11) is 1.22. The maximum Gasteiger partial charge on any atom is 0.334 e. The first-order chi connectivity index (χ1) is 12.6. The van der Waals surface area contributed by atoms with Gasteiger partial charge in [0.05, 0.1) is 25.7 Å². The Bertz CT molecular complexity index is 778. The number of rotatable bonds is 8. The molecule has 0 aromatic heterocycles. The predicted octanol–water partition coefficient (Wildman–Crippen LogP) is 2.51. The van der Waals surface area contributed by atoms with Gasteiger partial charge in [-0.2, -0.15) is 0 Å². The van der Waals surface area contributed by atoms with Crippen LogP contribution in [0.15, 0.2) is 60.2 Å². The second-order valence-electron chi connectivity index (χ2n) is 5.38. The monoisotopic (exact) mass is 356 g/mol. The number of carbonyl (C=O) groups excluding carboxylic acids is 1. The highest BCUT2D eigenvalue weighted by Gasteiger charge is 2.21. The van der Waals surface area contributed by atoms with Crippen molar-refractivity contribution in [3.8, 4) is 5.75 Å². The van der Waals surface area contributed by atoms with E-state index in [0.717, 1.165) is 0 Å². The van der Waals surface area contributed by atoms with E-state index in [0.29, 0.717) is 22.4 Å². The number of methoxy groups -OCH3 is 1. The zero-order chi connectivity index (χ0) is 18.9. The molecule has 6 heteroatoms. The first-order valence-corrected chi connectivity index (χ1v) is 7.99. The van der Waals surface area contributed by atoms with Crippen LogP contribution in [-0.4, -0.2) is 42.5 Å². The molecule has 0 aliphatic rings. The van der Waals surface area contributed by atoms with Crippen LogP contribution >= 0.6 is 0 Å². The van der Waals surface area contributed by atoms with Gasteiger partial charge in [0.2, 0.25) is 0 Å². The third-order valence-corrected chi connectivity index (χ3v) is 3.63. The van der Waals surface area contributed by atoms with Crippen LogP contribution in [0.25, 0.3) is 5.57 Å². The molecule has 0 spiro atoms. The molecule has 0 saturated carbocycles. The highest BCUT2D eigenvalue weighted by atomic mass is 16.5. The summed E-state index contributed by atoms with van der Waals surface area (Å²) in [6, 6.07) is 15.9. The van der Waals surface area contributed by atoms with Crippen LogP contribution in [0.4, 0.5) is 0 Å². The quantitative estimate of drug-likeness (QED) is 0.558. The maximum atomic E-state index is 12.2. The van der Waals surface area contributed by atoms with Crippen LogP contribution in [-0.2, 0) is 14.3 Å². The van der Waals surface area contributed by atoms with Gasteiger partial charge >= 0.3 is 11.9 Å². The number of aliphatic hydroxyl groups excluding tert-OH is 1. The van der Waals surface area contributed by atoms with Crippen molar-refractivity contribution in [2.75, 3.05) is 20.3 Å². The van der Waals surface area contributed by atoms with Crippen LogP contribution in [0.1, 0.15) is 17.5 Å². The van der Waals surface area contributed by atoms with E-state index in [4.69, 9.17) is 14.6 Å². The Balaban J connectivity index is 2.58. The van der Waals surface area contributed by atoms with Gasteiger partial charge in [0, 0.05) is 0 Å². The summed E-state index contributed by atoms with van der Waals surface area (Å²) in [4.78, 5) is 23.5. The molecule has 2 aromatic carbocycles. The van der Waals surface area contributed by atoms with Gasteiger partial charge in [-0.25, -0.2) is 4.79 Å². The number of ether oxygens (including phenoxy) is 2. The number of esters is 1. The van der Waals surface area contributed by atoms with Gasteiger partial charge in [-0.05, 0) is 28.8 Å². The van der Waals surface area contributed by atoms with Crippen molar-refractivity contribution >= 4 is 17.5 Å². The van der Waals surface area contributed by atoms with Crippen molar-refractivity contribution in [2.45, 2.75) is 6.42 Å². The maximum absolute atomic E-state index is 12.2. The number of hydrogen-bond acceptors (Lipinski definition) is 5.